The van der Waals surface area contributed by atoms with Crippen molar-refractivity contribution >= 4 is 21.6 Å². The molecular weight excluding hydrogens is 362 g/mol. The smallest absolute Gasteiger partial charge is 0.243 e. The van der Waals surface area contributed by atoms with Crippen LogP contribution >= 0.6 is 11.6 Å². The first-order chi connectivity index (χ1) is 12.0. The molecule has 134 valence electrons. The molecule has 1 N–H and O–H groups in total. The Bertz CT molecular complexity index is 879. The summed E-state index contributed by atoms with van der Waals surface area (Å²) < 4.78 is 30.0. The number of sulfonamides is 1. The van der Waals surface area contributed by atoms with E-state index in [1.807, 2.05) is 4.68 Å². The van der Waals surface area contributed by atoms with Gasteiger partial charge in [-0.3, -0.25) is 4.68 Å². The van der Waals surface area contributed by atoms with Crippen LogP contribution in [0, 0.1) is 0 Å². The number of halogens is 1. The van der Waals surface area contributed by atoms with Gasteiger partial charge in [0.05, 0.1) is 30.3 Å². The van der Waals surface area contributed by atoms with Gasteiger partial charge in [0.25, 0.3) is 0 Å². The summed E-state index contributed by atoms with van der Waals surface area (Å²) in [6.07, 6.45) is 5.04. The van der Waals surface area contributed by atoms with Gasteiger partial charge in [-0.2, -0.15) is 9.40 Å². The second kappa shape index (κ2) is 6.39. The van der Waals surface area contributed by atoms with Gasteiger partial charge in [-0.1, -0.05) is 11.6 Å². The maximum Gasteiger partial charge on any atom is 0.243 e. The van der Waals surface area contributed by atoms with Crippen molar-refractivity contribution in [3.63, 3.8) is 0 Å². The van der Waals surface area contributed by atoms with Crippen molar-refractivity contribution in [3.05, 3.63) is 46.7 Å². The Labute approximate surface area is 152 Å². The van der Waals surface area contributed by atoms with Crippen LogP contribution in [0.5, 0.6) is 0 Å². The fourth-order valence-electron chi connectivity index (χ4n) is 4.07. The highest BCUT2D eigenvalue weighted by Gasteiger charge is 2.45. The number of aliphatic hydroxyl groups is 1. The van der Waals surface area contributed by atoms with Gasteiger partial charge in [0, 0.05) is 28.7 Å². The Morgan fingerprint density at radius 1 is 1.24 bits per heavy atom. The highest BCUT2D eigenvalue weighted by atomic mass is 35.5. The third-order valence-corrected chi connectivity index (χ3v) is 7.38. The van der Waals surface area contributed by atoms with Crippen molar-refractivity contribution in [2.75, 3.05) is 6.61 Å². The number of hydrogen-bond acceptors (Lipinski definition) is 4. The zero-order chi connectivity index (χ0) is 17.6. The molecule has 6 nitrogen and oxygen atoms in total. The van der Waals surface area contributed by atoms with Crippen LogP contribution in [-0.2, 0) is 23.0 Å². The number of piperidine rings is 1. The average Bonchev–Trinajstić information content (AvgIpc) is 2.98. The molecule has 0 aliphatic carbocycles. The Hall–Kier alpha value is -1.41. The van der Waals surface area contributed by atoms with E-state index in [-0.39, 0.29) is 23.6 Å². The van der Waals surface area contributed by atoms with Crippen molar-refractivity contribution in [3.8, 4) is 0 Å². The predicted molar refractivity (Wildman–Crippen MR) is 93.9 cm³/mol. The molecule has 0 spiro atoms. The second-order valence-corrected chi connectivity index (χ2v) is 8.87. The molecule has 1 aromatic carbocycles. The molecule has 0 radical (unpaired) electrons. The van der Waals surface area contributed by atoms with E-state index in [1.54, 1.807) is 34.8 Å². The van der Waals surface area contributed by atoms with E-state index in [4.69, 9.17) is 11.6 Å². The Morgan fingerprint density at radius 3 is 2.72 bits per heavy atom. The van der Waals surface area contributed by atoms with Crippen molar-refractivity contribution in [2.45, 2.75) is 49.2 Å². The number of benzene rings is 1. The van der Waals surface area contributed by atoms with Crippen LogP contribution in [-0.4, -0.2) is 40.3 Å². The molecule has 2 unspecified atom stereocenters. The van der Waals surface area contributed by atoms with Gasteiger partial charge in [0.2, 0.25) is 10.0 Å². The number of aliphatic hydroxyl groups excluding tert-OH is 1. The minimum Gasteiger partial charge on any atom is -0.394 e. The normalized spacial score (nSPS) is 23.4. The van der Waals surface area contributed by atoms with Crippen molar-refractivity contribution in [1.29, 1.82) is 0 Å². The van der Waals surface area contributed by atoms with Crippen molar-refractivity contribution < 1.29 is 13.5 Å². The van der Waals surface area contributed by atoms with Crippen molar-refractivity contribution in [1.82, 2.24) is 14.1 Å². The molecule has 1 saturated heterocycles. The summed E-state index contributed by atoms with van der Waals surface area (Å²) in [5.41, 5.74) is 2.04. The minimum absolute atomic E-state index is 0.0240. The summed E-state index contributed by atoms with van der Waals surface area (Å²) in [5, 5.41) is 14.1. The predicted octanol–water partition coefficient (Wildman–Crippen LogP) is 2.37. The van der Waals surface area contributed by atoms with Gasteiger partial charge in [0.1, 0.15) is 0 Å². The topological polar surface area (TPSA) is 75.4 Å². The standard InChI is InChI=1S/C17H20ClN3O3S/c18-12-4-6-14(7-5-12)25(23,24)21-13-2-1-3-16(21)15-11-19-20(8-9-22)17(15)10-13/h4-7,11,13,16,22H,1-3,8-10H2. The van der Waals surface area contributed by atoms with Crippen LogP contribution in [0.1, 0.15) is 36.6 Å². The molecule has 3 heterocycles. The molecular formula is C17H20ClN3O3S. The number of rotatable bonds is 4. The first-order valence-corrected chi connectivity index (χ1v) is 10.3. The largest absolute Gasteiger partial charge is 0.394 e. The van der Waals surface area contributed by atoms with E-state index >= 15 is 0 Å². The molecule has 4 rings (SSSR count). The van der Waals surface area contributed by atoms with Crippen LogP contribution in [0.4, 0.5) is 0 Å². The summed E-state index contributed by atoms with van der Waals surface area (Å²) in [4.78, 5) is 0.278. The molecule has 8 heteroatoms. The zero-order valence-electron chi connectivity index (χ0n) is 13.7. The molecule has 1 fully saturated rings. The van der Waals surface area contributed by atoms with Crippen LogP contribution in [0.15, 0.2) is 35.4 Å². The van der Waals surface area contributed by atoms with E-state index in [0.717, 1.165) is 30.5 Å². The van der Waals surface area contributed by atoms with Crippen LogP contribution in [0.25, 0.3) is 0 Å². The lowest BCUT2D eigenvalue weighted by atomic mass is 9.85. The van der Waals surface area contributed by atoms with Crippen LogP contribution in [0.3, 0.4) is 0 Å². The molecule has 0 amide bonds. The minimum atomic E-state index is -3.60. The van der Waals surface area contributed by atoms with E-state index in [1.165, 1.54) is 0 Å². The highest BCUT2D eigenvalue weighted by molar-refractivity contribution is 7.89. The quantitative estimate of drug-likeness (QED) is 0.882. The zero-order valence-corrected chi connectivity index (χ0v) is 15.2. The van der Waals surface area contributed by atoms with E-state index < -0.39 is 10.0 Å². The number of fused-ring (bicyclic) bond motifs is 4. The lowest BCUT2D eigenvalue weighted by molar-refractivity contribution is 0.159. The van der Waals surface area contributed by atoms with E-state index in [0.29, 0.717) is 18.0 Å². The third-order valence-electron chi connectivity index (χ3n) is 5.15. The van der Waals surface area contributed by atoms with E-state index in [2.05, 4.69) is 5.10 Å². The van der Waals surface area contributed by atoms with Gasteiger partial charge in [-0.25, -0.2) is 8.42 Å². The van der Waals surface area contributed by atoms with Gasteiger partial charge >= 0.3 is 0 Å². The number of aromatic nitrogens is 2. The van der Waals surface area contributed by atoms with Crippen LogP contribution in [0.2, 0.25) is 5.02 Å². The molecule has 2 aromatic rings. The molecule has 2 atom stereocenters. The molecule has 1 aromatic heterocycles. The van der Waals surface area contributed by atoms with Crippen molar-refractivity contribution in [2.24, 2.45) is 0 Å². The maximum atomic E-state index is 13.3. The lowest BCUT2D eigenvalue weighted by Gasteiger charge is -2.44. The SMILES string of the molecule is O=S(=O)(c1ccc(Cl)cc1)N1C2CCCC1c1cnn(CCO)c1C2. The molecule has 2 bridgehead atoms. The summed E-state index contributed by atoms with van der Waals surface area (Å²) in [6, 6.07) is 6.10. The average molecular weight is 382 g/mol. The van der Waals surface area contributed by atoms with E-state index in [9.17, 15) is 13.5 Å². The molecule has 0 saturated carbocycles. The summed E-state index contributed by atoms with van der Waals surface area (Å²) in [7, 11) is -3.60. The Kier molecular flexibility index (Phi) is 4.35. The second-order valence-electron chi connectivity index (χ2n) is 6.59. The molecule has 2 aliphatic heterocycles. The van der Waals surface area contributed by atoms with Gasteiger partial charge in [0.15, 0.2) is 0 Å². The van der Waals surface area contributed by atoms with Crippen LogP contribution < -0.4 is 0 Å². The molecule has 2 aliphatic rings. The van der Waals surface area contributed by atoms with Gasteiger partial charge in [-0.15, -0.1) is 0 Å². The monoisotopic (exact) mass is 381 g/mol. The Balaban J connectivity index is 1.76. The summed E-state index contributed by atoms with van der Waals surface area (Å²) in [6.45, 7) is 0.467. The Morgan fingerprint density at radius 2 is 2.00 bits per heavy atom. The fraction of sp³-hybridized carbons (Fsp3) is 0.471. The summed E-state index contributed by atoms with van der Waals surface area (Å²) >= 11 is 5.90. The highest BCUT2D eigenvalue weighted by Crippen LogP contribution is 2.44. The first-order valence-electron chi connectivity index (χ1n) is 8.47. The lowest BCUT2D eigenvalue weighted by Crippen LogP contribution is -2.49. The number of hydrogen-bond donors (Lipinski definition) is 1. The fourth-order valence-corrected chi connectivity index (χ4v) is 6.05. The van der Waals surface area contributed by atoms with Gasteiger partial charge < -0.3 is 5.11 Å². The van der Waals surface area contributed by atoms with Gasteiger partial charge in [-0.05, 0) is 43.5 Å². The maximum absolute atomic E-state index is 13.3. The number of nitrogens with zero attached hydrogens (tertiary/aromatic N) is 3. The molecule has 25 heavy (non-hydrogen) atoms. The first kappa shape index (κ1) is 17.0. The third kappa shape index (κ3) is 2.79. The summed E-state index contributed by atoms with van der Waals surface area (Å²) in [5.74, 6) is 0.